The highest BCUT2D eigenvalue weighted by Gasteiger charge is 1.94. The van der Waals surface area contributed by atoms with Gasteiger partial charge in [-0.2, -0.15) is 0 Å². The van der Waals surface area contributed by atoms with Crippen LogP contribution in [-0.2, 0) is 4.74 Å². The predicted octanol–water partition coefficient (Wildman–Crippen LogP) is 8.14. The molecule has 136 valence electrons. The Morgan fingerprint density at radius 1 is 0.739 bits per heavy atom. The van der Waals surface area contributed by atoms with Gasteiger partial charge in [0.2, 0.25) is 0 Å². The average molecular weight is 343 g/mol. The summed E-state index contributed by atoms with van der Waals surface area (Å²) in [7, 11) is 0. The predicted molar refractivity (Wildman–Crippen MR) is 105 cm³/mol. The summed E-state index contributed by atoms with van der Waals surface area (Å²) in [6, 6.07) is 0. The first kappa shape index (κ1) is 22.6. The van der Waals surface area contributed by atoms with Crippen molar-refractivity contribution in [2.24, 2.45) is 0 Å². The van der Waals surface area contributed by atoms with E-state index in [4.69, 9.17) is 16.3 Å². The summed E-state index contributed by atoms with van der Waals surface area (Å²) in [5.41, 5.74) is 2.58. The van der Waals surface area contributed by atoms with E-state index < -0.39 is 0 Å². The van der Waals surface area contributed by atoms with Crippen LogP contribution in [0.5, 0.6) is 0 Å². The summed E-state index contributed by atoms with van der Waals surface area (Å²) in [6.07, 6.45) is 23.1. The normalized spacial score (nSPS) is 12.2. The molecular weight excluding hydrogens is 304 g/mol. The van der Waals surface area contributed by atoms with Crippen LogP contribution in [0.15, 0.2) is 23.4 Å². The third kappa shape index (κ3) is 19.5. The van der Waals surface area contributed by atoms with E-state index in [9.17, 15) is 0 Å². The van der Waals surface area contributed by atoms with Crippen molar-refractivity contribution in [3.05, 3.63) is 23.4 Å². The van der Waals surface area contributed by atoms with Crippen molar-refractivity contribution in [3.63, 3.8) is 0 Å². The second-order valence-corrected chi connectivity index (χ2v) is 6.87. The summed E-state index contributed by atoms with van der Waals surface area (Å²) >= 11 is 5.50. The minimum Gasteiger partial charge on any atom is -0.501 e. The molecule has 0 aromatic heterocycles. The van der Waals surface area contributed by atoms with Crippen molar-refractivity contribution in [1.82, 2.24) is 0 Å². The van der Waals surface area contributed by atoms with Crippen molar-refractivity contribution in [2.75, 3.05) is 6.61 Å². The molecule has 0 fully saturated rings. The fourth-order valence-corrected chi connectivity index (χ4v) is 2.91. The molecule has 0 heterocycles. The van der Waals surface area contributed by atoms with Gasteiger partial charge in [0.25, 0.3) is 0 Å². The fraction of sp³-hybridized carbons (Fsp3) is 0.810. The van der Waals surface area contributed by atoms with Crippen LogP contribution in [0, 0.1) is 0 Å². The van der Waals surface area contributed by atoms with Crippen molar-refractivity contribution in [1.29, 1.82) is 0 Å². The summed E-state index contributed by atoms with van der Waals surface area (Å²) in [6.45, 7) is 5.10. The highest BCUT2D eigenvalue weighted by molar-refractivity contribution is 6.25. The van der Waals surface area contributed by atoms with Crippen LogP contribution in [0.1, 0.15) is 104 Å². The molecule has 0 aliphatic heterocycles. The Balaban J connectivity index is 3.09. The number of hydrogen-bond donors (Lipinski definition) is 0. The van der Waals surface area contributed by atoms with Crippen LogP contribution in [0.25, 0.3) is 0 Å². The molecule has 0 N–H and O–H groups in total. The molecule has 0 radical (unpaired) electrons. The summed E-state index contributed by atoms with van der Waals surface area (Å²) in [5, 5.41) is 0. The largest absolute Gasteiger partial charge is 0.501 e. The molecule has 0 bridgehead atoms. The zero-order valence-electron chi connectivity index (χ0n) is 15.6. The first-order valence-electron chi connectivity index (χ1n) is 9.86. The lowest BCUT2D eigenvalue weighted by molar-refractivity contribution is 0.238. The quantitative estimate of drug-likeness (QED) is 0.147. The van der Waals surface area contributed by atoms with Crippen LogP contribution < -0.4 is 0 Å². The van der Waals surface area contributed by atoms with Gasteiger partial charge in [-0.25, -0.2) is 0 Å². The Labute approximate surface area is 150 Å². The molecule has 0 rings (SSSR count). The molecule has 1 nitrogen and oxygen atoms in total. The lowest BCUT2D eigenvalue weighted by Gasteiger charge is -2.04. The second kappa shape index (κ2) is 19.6. The highest BCUT2D eigenvalue weighted by atomic mass is 35.5. The minimum absolute atomic E-state index is 0.825. The molecule has 0 unspecified atom stereocenters. The molecule has 0 aromatic rings. The molecule has 2 heteroatoms. The highest BCUT2D eigenvalue weighted by Crippen LogP contribution is 2.13. The Kier molecular flexibility index (Phi) is 19.2. The number of ether oxygens (including phenoxy) is 1. The Morgan fingerprint density at radius 2 is 1.17 bits per heavy atom. The lowest BCUT2D eigenvalue weighted by Crippen LogP contribution is -1.89. The topological polar surface area (TPSA) is 9.23 Å². The van der Waals surface area contributed by atoms with E-state index in [1.54, 1.807) is 6.26 Å². The molecular formula is C21H39ClO. The van der Waals surface area contributed by atoms with Crippen LogP contribution in [0.4, 0.5) is 0 Å². The third-order valence-electron chi connectivity index (χ3n) is 4.21. The van der Waals surface area contributed by atoms with Gasteiger partial charge in [0.1, 0.15) is 0 Å². The molecule has 0 aliphatic carbocycles. The number of unbranched alkanes of at least 4 members (excludes halogenated alkanes) is 13. The van der Waals surface area contributed by atoms with Crippen LogP contribution >= 0.6 is 11.6 Å². The molecule has 0 saturated carbocycles. The number of allylic oxidation sites excluding steroid dienone is 2. The van der Waals surface area contributed by atoms with Gasteiger partial charge in [-0.15, -0.1) is 0 Å². The van der Waals surface area contributed by atoms with Gasteiger partial charge in [-0.05, 0) is 25.0 Å². The average Bonchev–Trinajstić information content (AvgIpc) is 2.54. The summed E-state index contributed by atoms with van der Waals surface area (Å²) in [5.74, 6) is 0. The molecule has 0 aliphatic rings. The maximum absolute atomic E-state index is 5.50. The van der Waals surface area contributed by atoms with Crippen molar-refractivity contribution >= 4 is 11.6 Å². The number of halogens is 1. The standard InChI is InChI=1S/C21H39ClO/c1-3-4-5-6-7-8-9-10-11-12-13-14-15-16-19-23-20-21(2)17-18-22/h17-18,20H,3-16,19H2,1-2H3/b18-17+,21-20+. The van der Waals surface area contributed by atoms with Gasteiger partial charge in [-0.3, -0.25) is 0 Å². The first-order chi connectivity index (χ1) is 11.3. The van der Waals surface area contributed by atoms with Gasteiger partial charge < -0.3 is 4.74 Å². The zero-order valence-corrected chi connectivity index (χ0v) is 16.4. The van der Waals surface area contributed by atoms with E-state index in [0.717, 1.165) is 18.6 Å². The van der Waals surface area contributed by atoms with Crippen LogP contribution in [0.2, 0.25) is 0 Å². The Hall–Kier alpha value is -0.430. The summed E-state index contributed by atoms with van der Waals surface area (Å²) < 4.78 is 5.48. The molecule has 0 spiro atoms. The molecule has 23 heavy (non-hydrogen) atoms. The van der Waals surface area contributed by atoms with E-state index in [1.165, 1.54) is 89.0 Å². The van der Waals surface area contributed by atoms with Crippen LogP contribution in [-0.4, -0.2) is 6.61 Å². The van der Waals surface area contributed by atoms with E-state index in [-0.39, 0.29) is 0 Å². The van der Waals surface area contributed by atoms with Gasteiger partial charge in [0.15, 0.2) is 0 Å². The monoisotopic (exact) mass is 342 g/mol. The molecule has 0 amide bonds. The van der Waals surface area contributed by atoms with Gasteiger partial charge in [0, 0.05) is 5.54 Å². The number of hydrogen-bond acceptors (Lipinski definition) is 1. The van der Waals surface area contributed by atoms with Crippen molar-refractivity contribution in [2.45, 2.75) is 104 Å². The lowest BCUT2D eigenvalue weighted by atomic mass is 10.0. The maximum atomic E-state index is 5.50. The van der Waals surface area contributed by atoms with Gasteiger partial charge in [0.05, 0.1) is 12.9 Å². The molecule has 0 saturated heterocycles. The second-order valence-electron chi connectivity index (χ2n) is 6.62. The zero-order chi connectivity index (χ0) is 17.0. The molecule has 0 aromatic carbocycles. The van der Waals surface area contributed by atoms with Crippen molar-refractivity contribution in [3.8, 4) is 0 Å². The summed E-state index contributed by atoms with van der Waals surface area (Å²) in [4.78, 5) is 0. The van der Waals surface area contributed by atoms with E-state index in [1.807, 2.05) is 13.0 Å². The smallest absolute Gasteiger partial charge is 0.0873 e. The third-order valence-corrected chi connectivity index (χ3v) is 4.34. The fourth-order valence-electron chi connectivity index (χ4n) is 2.71. The van der Waals surface area contributed by atoms with E-state index in [0.29, 0.717) is 0 Å². The van der Waals surface area contributed by atoms with Gasteiger partial charge >= 0.3 is 0 Å². The van der Waals surface area contributed by atoms with E-state index in [2.05, 4.69) is 6.92 Å². The van der Waals surface area contributed by atoms with Crippen LogP contribution in [0.3, 0.4) is 0 Å². The van der Waals surface area contributed by atoms with Gasteiger partial charge in [-0.1, -0.05) is 102 Å². The SMILES string of the molecule is CCCCCCCCCCCCCCCCO/C=C(C)/C=C/Cl. The van der Waals surface area contributed by atoms with E-state index >= 15 is 0 Å². The van der Waals surface area contributed by atoms with Crippen molar-refractivity contribution < 1.29 is 4.74 Å². The number of rotatable bonds is 17. The Bertz CT molecular complexity index is 284. The maximum Gasteiger partial charge on any atom is 0.0873 e. The molecule has 0 atom stereocenters. The minimum atomic E-state index is 0.825. The first-order valence-corrected chi connectivity index (χ1v) is 10.3. The Morgan fingerprint density at radius 3 is 1.61 bits per heavy atom.